The molecule has 1 heterocycles. The lowest BCUT2D eigenvalue weighted by Gasteiger charge is -2.37. The summed E-state index contributed by atoms with van der Waals surface area (Å²) in [6.07, 6.45) is 0. The zero-order valence-electron chi connectivity index (χ0n) is 19.3. The molecule has 3 aromatic rings. The van der Waals surface area contributed by atoms with E-state index in [1.54, 1.807) is 41.3 Å². The molecule has 0 bridgehead atoms. The summed E-state index contributed by atoms with van der Waals surface area (Å²) in [5, 5.41) is 0.672. The Bertz CT molecular complexity index is 1270. The number of aryl methyl sites for hydroxylation is 1. The number of benzene rings is 3. The normalized spacial score (nSPS) is 14.2. The fourth-order valence-electron chi connectivity index (χ4n) is 4.13. The lowest BCUT2D eigenvalue weighted by Crippen LogP contribution is -2.52. The van der Waals surface area contributed by atoms with Crippen molar-refractivity contribution in [3.63, 3.8) is 0 Å². The third-order valence-corrected chi connectivity index (χ3v) is 8.27. The summed E-state index contributed by atoms with van der Waals surface area (Å²) in [4.78, 5) is 17.4. The van der Waals surface area contributed by atoms with E-state index in [0.29, 0.717) is 36.9 Å². The molecule has 0 radical (unpaired) electrons. The third-order valence-electron chi connectivity index (χ3n) is 6.26. The van der Waals surface area contributed by atoms with Crippen molar-refractivity contribution in [2.75, 3.05) is 41.9 Å². The van der Waals surface area contributed by atoms with Crippen molar-refractivity contribution in [2.45, 2.75) is 18.7 Å². The lowest BCUT2D eigenvalue weighted by atomic mass is 10.1. The van der Waals surface area contributed by atoms with Gasteiger partial charge in [-0.1, -0.05) is 48.0 Å². The second kappa shape index (κ2) is 10.1. The zero-order chi connectivity index (χ0) is 24.3. The Morgan fingerprint density at radius 2 is 1.59 bits per heavy atom. The van der Waals surface area contributed by atoms with Crippen molar-refractivity contribution in [2.24, 2.45) is 0 Å². The number of nitrogens with zero attached hydrogens (tertiary/aromatic N) is 3. The first kappa shape index (κ1) is 24.1. The van der Waals surface area contributed by atoms with Gasteiger partial charge in [-0.3, -0.25) is 9.10 Å². The quantitative estimate of drug-likeness (QED) is 0.503. The van der Waals surface area contributed by atoms with Crippen LogP contribution < -0.4 is 9.21 Å². The Hall–Kier alpha value is -3.03. The van der Waals surface area contributed by atoms with Gasteiger partial charge in [-0.2, -0.15) is 0 Å². The fraction of sp³-hybridized carbons (Fsp3) is 0.269. The monoisotopic (exact) mass is 497 g/mol. The van der Waals surface area contributed by atoms with E-state index in [0.717, 1.165) is 16.8 Å². The average molecular weight is 498 g/mol. The summed E-state index contributed by atoms with van der Waals surface area (Å²) < 4.78 is 28.5. The van der Waals surface area contributed by atoms with Gasteiger partial charge in [0.2, 0.25) is 5.91 Å². The molecule has 1 amide bonds. The van der Waals surface area contributed by atoms with Gasteiger partial charge in [-0.25, -0.2) is 8.42 Å². The molecule has 4 rings (SSSR count). The van der Waals surface area contributed by atoms with E-state index in [9.17, 15) is 13.2 Å². The number of anilines is 2. The topological polar surface area (TPSA) is 60.9 Å². The molecule has 8 heteroatoms. The van der Waals surface area contributed by atoms with Crippen molar-refractivity contribution in [1.82, 2.24) is 4.90 Å². The molecule has 0 N–H and O–H groups in total. The summed E-state index contributed by atoms with van der Waals surface area (Å²) in [5.41, 5.74) is 3.34. The number of sulfonamides is 1. The predicted molar refractivity (Wildman–Crippen MR) is 137 cm³/mol. The first-order chi connectivity index (χ1) is 16.3. The molecule has 178 valence electrons. The summed E-state index contributed by atoms with van der Waals surface area (Å²) in [7, 11) is -3.92. The van der Waals surface area contributed by atoms with Crippen molar-refractivity contribution in [1.29, 1.82) is 0 Å². The molecule has 0 spiro atoms. The molecular weight excluding hydrogens is 470 g/mol. The second-order valence-electron chi connectivity index (χ2n) is 8.39. The van der Waals surface area contributed by atoms with Gasteiger partial charge in [-0.15, -0.1) is 0 Å². The average Bonchev–Trinajstić information content (AvgIpc) is 2.85. The Kier molecular flexibility index (Phi) is 7.14. The number of piperazine rings is 1. The zero-order valence-corrected chi connectivity index (χ0v) is 20.9. The largest absolute Gasteiger partial charge is 0.368 e. The van der Waals surface area contributed by atoms with Gasteiger partial charge in [0, 0.05) is 36.9 Å². The van der Waals surface area contributed by atoms with Crippen LogP contribution in [0.25, 0.3) is 0 Å². The number of rotatable bonds is 6. The van der Waals surface area contributed by atoms with E-state index >= 15 is 0 Å². The summed E-state index contributed by atoms with van der Waals surface area (Å²) in [6, 6.07) is 21.4. The first-order valence-electron chi connectivity index (χ1n) is 11.2. The molecular formula is C26H28ClN3O3S. The number of carbonyl (C=O) groups is 1. The van der Waals surface area contributed by atoms with Gasteiger partial charge in [0.05, 0.1) is 10.6 Å². The van der Waals surface area contributed by atoms with Crippen molar-refractivity contribution in [3.8, 4) is 0 Å². The lowest BCUT2D eigenvalue weighted by molar-refractivity contribution is -0.129. The fourth-order valence-corrected chi connectivity index (χ4v) is 5.81. The minimum atomic E-state index is -3.92. The SMILES string of the molecule is Cc1cccc(N(CC(=O)N2CCN(c3cccc(Cl)c3)CC2)S(=O)(=O)c2ccccc2)c1C. The van der Waals surface area contributed by atoms with Gasteiger partial charge in [0.15, 0.2) is 0 Å². The predicted octanol–water partition coefficient (Wildman–Crippen LogP) is 4.50. The van der Waals surface area contributed by atoms with Crippen LogP contribution in [0.5, 0.6) is 0 Å². The highest BCUT2D eigenvalue weighted by Crippen LogP contribution is 2.29. The molecule has 0 saturated carbocycles. The number of hydrogen-bond acceptors (Lipinski definition) is 4. The molecule has 1 saturated heterocycles. The summed E-state index contributed by atoms with van der Waals surface area (Å²) in [5.74, 6) is -0.217. The van der Waals surface area contributed by atoms with Crippen LogP contribution in [0.15, 0.2) is 77.7 Å². The Morgan fingerprint density at radius 1 is 0.912 bits per heavy atom. The molecule has 0 aliphatic carbocycles. The van der Waals surface area contributed by atoms with Crippen LogP contribution in [-0.2, 0) is 14.8 Å². The number of amides is 1. The molecule has 1 fully saturated rings. The van der Waals surface area contributed by atoms with Crippen LogP contribution in [0.2, 0.25) is 5.02 Å². The second-order valence-corrected chi connectivity index (χ2v) is 10.7. The summed E-state index contributed by atoms with van der Waals surface area (Å²) in [6.45, 7) is 5.89. The van der Waals surface area contributed by atoms with E-state index in [2.05, 4.69) is 4.90 Å². The minimum absolute atomic E-state index is 0.162. The number of carbonyl (C=O) groups excluding carboxylic acids is 1. The van der Waals surface area contributed by atoms with Crippen molar-refractivity contribution < 1.29 is 13.2 Å². The maximum absolute atomic E-state index is 13.6. The van der Waals surface area contributed by atoms with Gasteiger partial charge in [0.1, 0.15) is 6.54 Å². The highest BCUT2D eigenvalue weighted by Gasteiger charge is 2.31. The Balaban J connectivity index is 1.56. The molecule has 0 aromatic heterocycles. The van der Waals surface area contributed by atoms with E-state index in [4.69, 9.17) is 11.6 Å². The van der Waals surface area contributed by atoms with Crippen molar-refractivity contribution >= 4 is 38.9 Å². The van der Waals surface area contributed by atoms with Crippen LogP contribution in [-0.4, -0.2) is 51.9 Å². The van der Waals surface area contributed by atoms with Gasteiger partial charge < -0.3 is 9.80 Å². The van der Waals surface area contributed by atoms with Crippen LogP contribution in [0.3, 0.4) is 0 Å². The summed E-state index contributed by atoms with van der Waals surface area (Å²) >= 11 is 6.12. The Morgan fingerprint density at radius 3 is 2.26 bits per heavy atom. The number of halogens is 1. The van der Waals surface area contributed by atoms with Crippen LogP contribution in [0, 0.1) is 13.8 Å². The van der Waals surface area contributed by atoms with Gasteiger partial charge in [-0.05, 0) is 61.4 Å². The van der Waals surface area contributed by atoms with E-state index in [-0.39, 0.29) is 17.3 Å². The molecule has 1 aliphatic rings. The molecule has 1 aliphatic heterocycles. The number of hydrogen-bond donors (Lipinski definition) is 0. The van der Waals surface area contributed by atoms with Crippen LogP contribution >= 0.6 is 11.6 Å². The van der Waals surface area contributed by atoms with E-state index in [1.165, 1.54) is 4.31 Å². The maximum atomic E-state index is 13.6. The molecule has 0 atom stereocenters. The smallest absolute Gasteiger partial charge is 0.264 e. The molecule has 3 aromatic carbocycles. The minimum Gasteiger partial charge on any atom is -0.368 e. The van der Waals surface area contributed by atoms with Crippen molar-refractivity contribution in [3.05, 3.63) is 88.9 Å². The Labute approximate surface area is 206 Å². The van der Waals surface area contributed by atoms with Crippen LogP contribution in [0.1, 0.15) is 11.1 Å². The highest BCUT2D eigenvalue weighted by molar-refractivity contribution is 7.92. The van der Waals surface area contributed by atoms with Gasteiger partial charge >= 0.3 is 0 Å². The maximum Gasteiger partial charge on any atom is 0.264 e. The van der Waals surface area contributed by atoms with E-state index in [1.807, 2.05) is 50.2 Å². The first-order valence-corrected chi connectivity index (χ1v) is 13.0. The van der Waals surface area contributed by atoms with Crippen LogP contribution in [0.4, 0.5) is 11.4 Å². The molecule has 0 unspecified atom stereocenters. The highest BCUT2D eigenvalue weighted by atomic mass is 35.5. The van der Waals surface area contributed by atoms with Gasteiger partial charge in [0.25, 0.3) is 10.0 Å². The molecule has 34 heavy (non-hydrogen) atoms. The van der Waals surface area contributed by atoms with E-state index < -0.39 is 10.0 Å². The standard InChI is InChI=1S/C26H28ClN3O3S/c1-20-8-6-13-25(21(20)2)30(34(32,33)24-11-4-3-5-12-24)19-26(31)29-16-14-28(15-17-29)23-10-7-9-22(27)18-23/h3-13,18H,14-17,19H2,1-2H3. The third kappa shape index (κ3) is 5.05. The molecule has 6 nitrogen and oxygen atoms in total.